The first-order valence-corrected chi connectivity index (χ1v) is 13.7. The van der Waals surface area contributed by atoms with Gasteiger partial charge in [0, 0.05) is 38.2 Å². The number of methoxy groups -OCH3 is 1. The molecule has 0 N–H and O–H groups in total. The van der Waals surface area contributed by atoms with Crippen molar-refractivity contribution in [1.82, 2.24) is 19.9 Å². The van der Waals surface area contributed by atoms with Crippen molar-refractivity contribution >= 4 is 17.0 Å². The normalized spacial score (nSPS) is 17.2. The molecule has 2 unspecified atom stereocenters. The molecule has 7 nitrogen and oxygen atoms in total. The van der Waals surface area contributed by atoms with E-state index in [0.29, 0.717) is 0 Å². The number of nitrogens with zero attached hydrogens (tertiary/aromatic N) is 4. The lowest BCUT2D eigenvalue weighted by Gasteiger charge is -2.27. The summed E-state index contributed by atoms with van der Waals surface area (Å²) in [6, 6.07) is 19.1. The molecule has 204 valence electrons. The maximum Gasteiger partial charge on any atom is 0.309 e. The first-order chi connectivity index (χ1) is 18.8. The average Bonchev–Trinajstić information content (AvgIpc) is 3.22. The van der Waals surface area contributed by atoms with Gasteiger partial charge in [-0.3, -0.25) is 9.69 Å². The van der Waals surface area contributed by atoms with Gasteiger partial charge in [0.15, 0.2) is 0 Å². The zero-order valence-electron chi connectivity index (χ0n) is 23.8. The molecule has 3 aromatic carbocycles. The van der Waals surface area contributed by atoms with Crippen molar-refractivity contribution in [1.29, 1.82) is 0 Å². The third kappa shape index (κ3) is 5.28. The molecule has 1 aromatic heterocycles. The average molecular weight is 527 g/mol. The van der Waals surface area contributed by atoms with Crippen LogP contribution in [0.4, 0.5) is 0 Å². The Balaban J connectivity index is 1.54. The molecule has 7 heteroatoms. The maximum absolute atomic E-state index is 12.9. The summed E-state index contributed by atoms with van der Waals surface area (Å²) < 4.78 is 13.3. The number of esters is 1. The lowest BCUT2D eigenvalue weighted by molar-refractivity contribution is -0.145. The van der Waals surface area contributed by atoms with Crippen LogP contribution < -0.4 is 4.74 Å². The predicted octanol–water partition coefficient (Wildman–Crippen LogP) is 5.70. The highest BCUT2D eigenvalue weighted by atomic mass is 16.5. The standard InChI is InChI=1S/C32H38N4O3/c1-7-26-19-36(17-24-10-8-9-11-29(24)39-26)18-25-16-23(13-12-20(25)2)30(22(4)32(37)38-6)27-14-15-28-31(21(27)3)33-34-35(28)5/h8-16,22,26,30H,7,17-19H2,1-6H3/t22?,26-,30?/m1/s1. The van der Waals surface area contributed by atoms with Crippen molar-refractivity contribution < 1.29 is 14.3 Å². The minimum absolute atomic E-state index is 0.144. The number of fused-ring (bicyclic) bond motifs is 2. The van der Waals surface area contributed by atoms with Crippen LogP contribution in [0.25, 0.3) is 11.0 Å². The number of aryl methyl sites for hydroxylation is 3. The zero-order chi connectivity index (χ0) is 27.7. The highest BCUT2D eigenvalue weighted by molar-refractivity contribution is 5.81. The first kappa shape index (κ1) is 26.9. The van der Waals surface area contributed by atoms with Gasteiger partial charge in [0.05, 0.1) is 18.5 Å². The molecule has 2 heterocycles. The number of ether oxygens (including phenoxy) is 2. The summed E-state index contributed by atoms with van der Waals surface area (Å²) in [7, 11) is 3.35. The topological polar surface area (TPSA) is 69.5 Å². The summed E-state index contributed by atoms with van der Waals surface area (Å²) in [6.45, 7) is 10.9. The second-order valence-electron chi connectivity index (χ2n) is 10.8. The molecule has 1 aliphatic heterocycles. The first-order valence-electron chi connectivity index (χ1n) is 13.7. The van der Waals surface area contributed by atoms with Gasteiger partial charge >= 0.3 is 5.97 Å². The van der Waals surface area contributed by atoms with Crippen LogP contribution in [0, 0.1) is 19.8 Å². The van der Waals surface area contributed by atoms with E-state index in [-0.39, 0.29) is 23.9 Å². The van der Waals surface area contributed by atoms with Crippen molar-refractivity contribution in [3.8, 4) is 5.75 Å². The van der Waals surface area contributed by atoms with E-state index in [2.05, 4.69) is 78.4 Å². The van der Waals surface area contributed by atoms with Crippen LogP contribution in [0.5, 0.6) is 5.75 Å². The van der Waals surface area contributed by atoms with Crippen molar-refractivity contribution in [3.63, 3.8) is 0 Å². The Morgan fingerprint density at radius 3 is 2.72 bits per heavy atom. The summed E-state index contributed by atoms with van der Waals surface area (Å²) in [6.07, 6.45) is 1.10. The summed E-state index contributed by atoms with van der Waals surface area (Å²) in [5.74, 6) is 0.202. The number of carbonyl (C=O) groups is 1. The summed E-state index contributed by atoms with van der Waals surface area (Å²) in [5.41, 5.74) is 8.73. The van der Waals surface area contributed by atoms with Gasteiger partial charge in [-0.1, -0.05) is 61.5 Å². The minimum Gasteiger partial charge on any atom is -0.489 e. The number of para-hydroxylation sites is 1. The van der Waals surface area contributed by atoms with E-state index in [1.807, 2.05) is 26.1 Å². The summed E-state index contributed by atoms with van der Waals surface area (Å²) in [5, 5.41) is 8.62. The summed E-state index contributed by atoms with van der Waals surface area (Å²) in [4.78, 5) is 15.4. The Morgan fingerprint density at radius 1 is 1.15 bits per heavy atom. The second kappa shape index (κ2) is 11.2. The van der Waals surface area contributed by atoms with Crippen LogP contribution >= 0.6 is 0 Å². The van der Waals surface area contributed by atoms with Crippen LogP contribution in [-0.4, -0.2) is 45.6 Å². The van der Waals surface area contributed by atoms with Crippen LogP contribution in [0.15, 0.2) is 54.6 Å². The molecule has 0 radical (unpaired) electrons. The van der Waals surface area contributed by atoms with Crippen molar-refractivity contribution in [2.24, 2.45) is 13.0 Å². The number of aromatic nitrogens is 3. The van der Waals surface area contributed by atoms with Crippen LogP contribution in [0.3, 0.4) is 0 Å². The molecule has 0 amide bonds. The maximum atomic E-state index is 12.9. The smallest absolute Gasteiger partial charge is 0.309 e. The molecule has 5 rings (SSSR count). The Morgan fingerprint density at radius 2 is 1.95 bits per heavy atom. The van der Waals surface area contributed by atoms with Gasteiger partial charge in [-0.2, -0.15) is 0 Å². The van der Waals surface area contributed by atoms with Gasteiger partial charge in [-0.25, -0.2) is 4.68 Å². The van der Waals surface area contributed by atoms with E-state index in [1.165, 1.54) is 23.8 Å². The number of carbonyl (C=O) groups excluding carboxylic acids is 1. The molecule has 0 bridgehead atoms. The molecule has 0 aliphatic carbocycles. The Hall–Kier alpha value is -3.71. The van der Waals surface area contributed by atoms with E-state index in [0.717, 1.165) is 59.5 Å². The Kier molecular flexibility index (Phi) is 7.71. The van der Waals surface area contributed by atoms with Crippen molar-refractivity contribution in [2.45, 2.75) is 59.2 Å². The fourth-order valence-corrected chi connectivity index (χ4v) is 5.83. The highest BCUT2D eigenvalue weighted by Crippen LogP contribution is 2.38. The number of rotatable bonds is 7. The number of hydrogen-bond acceptors (Lipinski definition) is 6. The van der Waals surface area contributed by atoms with E-state index in [1.54, 1.807) is 4.68 Å². The fraction of sp³-hybridized carbons (Fsp3) is 0.406. The van der Waals surface area contributed by atoms with Crippen LogP contribution in [-0.2, 0) is 29.7 Å². The largest absolute Gasteiger partial charge is 0.489 e. The third-order valence-electron chi connectivity index (χ3n) is 8.19. The summed E-state index contributed by atoms with van der Waals surface area (Å²) >= 11 is 0. The number of benzene rings is 3. The SMILES string of the molecule is CC[C@@H]1CN(Cc2cc(C(c3ccc4c(nnn4C)c3C)C(C)C(=O)OC)ccc2C)Cc2ccccc2O1. The Labute approximate surface area is 230 Å². The number of hydrogen-bond donors (Lipinski definition) is 0. The molecule has 3 atom stereocenters. The molecule has 1 aliphatic rings. The van der Waals surface area contributed by atoms with Gasteiger partial charge < -0.3 is 9.47 Å². The molecular weight excluding hydrogens is 488 g/mol. The molecule has 4 aromatic rings. The van der Waals surface area contributed by atoms with E-state index >= 15 is 0 Å². The highest BCUT2D eigenvalue weighted by Gasteiger charge is 2.31. The molecule has 0 fully saturated rings. The molecular formula is C32H38N4O3. The van der Waals surface area contributed by atoms with Gasteiger partial charge in [0.2, 0.25) is 0 Å². The molecule has 39 heavy (non-hydrogen) atoms. The van der Waals surface area contributed by atoms with E-state index < -0.39 is 0 Å². The lowest BCUT2D eigenvalue weighted by atomic mass is 9.78. The van der Waals surface area contributed by atoms with E-state index in [9.17, 15) is 4.79 Å². The molecule has 0 saturated heterocycles. The molecule has 0 spiro atoms. The predicted molar refractivity (Wildman–Crippen MR) is 153 cm³/mol. The van der Waals surface area contributed by atoms with Gasteiger partial charge in [0.1, 0.15) is 17.4 Å². The van der Waals surface area contributed by atoms with Gasteiger partial charge in [0.25, 0.3) is 0 Å². The van der Waals surface area contributed by atoms with Gasteiger partial charge in [-0.15, -0.1) is 5.10 Å². The van der Waals surface area contributed by atoms with Crippen molar-refractivity contribution in [3.05, 3.63) is 88.0 Å². The second-order valence-corrected chi connectivity index (χ2v) is 10.8. The zero-order valence-corrected chi connectivity index (χ0v) is 23.8. The van der Waals surface area contributed by atoms with Gasteiger partial charge in [-0.05, 0) is 60.2 Å². The monoisotopic (exact) mass is 526 g/mol. The lowest BCUT2D eigenvalue weighted by Crippen LogP contribution is -2.32. The van der Waals surface area contributed by atoms with E-state index in [4.69, 9.17) is 9.47 Å². The third-order valence-corrected chi connectivity index (χ3v) is 8.19. The fourth-order valence-electron chi connectivity index (χ4n) is 5.83. The van der Waals surface area contributed by atoms with Crippen LogP contribution in [0.2, 0.25) is 0 Å². The van der Waals surface area contributed by atoms with Crippen molar-refractivity contribution in [2.75, 3.05) is 13.7 Å². The Bertz CT molecular complexity index is 1490. The minimum atomic E-state index is -0.374. The van der Waals surface area contributed by atoms with Crippen LogP contribution in [0.1, 0.15) is 59.6 Å². The quantitative estimate of drug-likeness (QED) is 0.288. The molecule has 0 saturated carbocycles.